The average Bonchev–Trinajstić information content (AvgIpc) is 3.24. The van der Waals surface area contributed by atoms with Crippen LogP contribution in [0.25, 0.3) is 0 Å². The molecule has 3 rings (SSSR count). The lowest BCUT2D eigenvalue weighted by molar-refractivity contribution is -0.128. The van der Waals surface area contributed by atoms with Crippen LogP contribution < -0.4 is 10.1 Å². The van der Waals surface area contributed by atoms with Crippen molar-refractivity contribution in [3.8, 4) is 5.75 Å². The third-order valence-corrected chi connectivity index (χ3v) is 4.29. The molecular formula is C17H24N2O2. The SMILES string of the molecule is CCOc1ccc(C2NCC(=O)N2CCCC2CC2)cc1. The van der Waals surface area contributed by atoms with Gasteiger partial charge in [-0.15, -0.1) is 0 Å². The molecular weight excluding hydrogens is 264 g/mol. The fourth-order valence-corrected chi connectivity index (χ4v) is 2.96. The van der Waals surface area contributed by atoms with Gasteiger partial charge in [-0.05, 0) is 43.4 Å². The van der Waals surface area contributed by atoms with Gasteiger partial charge >= 0.3 is 0 Å². The van der Waals surface area contributed by atoms with E-state index in [1.165, 1.54) is 19.3 Å². The summed E-state index contributed by atoms with van der Waals surface area (Å²) in [5.74, 6) is 2.02. The van der Waals surface area contributed by atoms with Crippen molar-refractivity contribution in [2.24, 2.45) is 5.92 Å². The largest absolute Gasteiger partial charge is 0.494 e. The molecule has 2 fully saturated rings. The number of ether oxygens (including phenoxy) is 1. The first-order valence-electron chi connectivity index (χ1n) is 8.03. The summed E-state index contributed by atoms with van der Waals surface area (Å²) in [4.78, 5) is 14.0. The van der Waals surface area contributed by atoms with Crippen molar-refractivity contribution in [1.82, 2.24) is 10.2 Å². The molecule has 4 nitrogen and oxygen atoms in total. The third kappa shape index (κ3) is 3.56. The second-order valence-corrected chi connectivity index (χ2v) is 5.96. The summed E-state index contributed by atoms with van der Waals surface area (Å²) in [5, 5.41) is 3.31. The Hall–Kier alpha value is -1.55. The van der Waals surface area contributed by atoms with E-state index in [2.05, 4.69) is 17.4 Å². The number of hydrogen-bond acceptors (Lipinski definition) is 3. The van der Waals surface area contributed by atoms with Crippen LogP contribution in [-0.4, -0.2) is 30.5 Å². The maximum Gasteiger partial charge on any atom is 0.238 e. The molecule has 4 heteroatoms. The van der Waals surface area contributed by atoms with Crippen LogP contribution in [0.3, 0.4) is 0 Å². The Kier molecular flexibility index (Phi) is 4.44. The number of carbonyl (C=O) groups excluding carboxylic acids is 1. The van der Waals surface area contributed by atoms with Crippen molar-refractivity contribution >= 4 is 5.91 Å². The van der Waals surface area contributed by atoms with Gasteiger partial charge in [0.2, 0.25) is 5.91 Å². The van der Waals surface area contributed by atoms with Crippen LogP contribution in [0, 0.1) is 5.92 Å². The maximum absolute atomic E-state index is 12.1. The van der Waals surface area contributed by atoms with Crippen molar-refractivity contribution in [1.29, 1.82) is 0 Å². The molecule has 1 aromatic carbocycles. The van der Waals surface area contributed by atoms with Crippen LogP contribution in [0.4, 0.5) is 0 Å². The molecule has 1 unspecified atom stereocenters. The van der Waals surface area contributed by atoms with Crippen LogP contribution in [0.2, 0.25) is 0 Å². The van der Waals surface area contributed by atoms with Crippen LogP contribution in [0.5, 0.6) is 5.75 Å². The first-order chi connectivity index (χ1) is 10.3. The van der Waals surface area contributed by atoms with Crippen LogP contribution in [0.1, 0.15) is 44.3 Å². The zero-order chi connectivity index (χ0) is 14.7. The van der Waals surface area contributed by atoms with Gasteiger partial charge in [-0.3, -0.25) is 10.1 Å². The lowest BCUT2D eigenvalue weighted by Crippen LogP contribution is -2.31. The minimum atomic E-state index is 0.0207. The van der Waals surface area contributed by atoms with Crippen LogP contribution in [0.15, 0.2) is 24.3 Å². The summed E-state index contributed by atoms with van der Waals surface area (Å²) >= 11 is 0. The molecule has 2 aliphatic rings. The monoisotopic (exact) mass is 288 g/mol. The zero-order valence-corrected chi connectivity index (χ0v) is 12.7. The highest BCUT2D eigenvalue weighted by Crippen LogP contribution is 2.34. The van der Waals surface area contributed by atoms with E-state index >= 15 is 0 Å². The molecule has 1 amide bonds. The predicted octanol–water partition coefficient (Wildman–Crippen LogP) is 2.71. The highest BCUT2D eigenvalue weighted by atomic mass is 16.5. The number of nitrogens with zero attached hydrogens (tertiary/aromatic N) is 1. The van der Waals surface area contributed by atoms with Crippen molar-refractivity contribution in [3.05, 3.63) is 29.8 Å². The van der Waals surface area contributed by atoms with Gasteiger partial charge in [0.25, 0.3) is 0 Å². The quantitative estimate of drug-likeness (QED) is 0.839. The molecule has 0 spiro atoms. The Labute approximate surface area is 126 Å². The Morgan fingerprint density at radius 3 is 2.71 bits per heavy atom. The van der Waals surface area contributed by atoms with Crippen LogP contribution >= 0.6 is 0 Å². The Bertz CT molecular complexity index is 482. The molecule has 1 saturated heterocycles. The highest BCUT2D eigenvalue weighted by molar-refractivity contribution is 5.80. The molecule has 0 bridgehead atoms. The number of carbonyl (C=O) groups is 1. The van der Waals surface area contributed by atoms with Gasteiger partial charge in [0, 0.05) is 6.54 Å². The summed E-state index contributed by atoms with van der Waals surface area (Å²) in [5.41, 5.74) is 1.13. The predicted molar refractivity (Wildman–Crippen MR) is 82.0 cm³/mol. The summed E-state index contributed by atoms with van der Waals surface area (Å²) in [6.45, 7) is 3.96. The molecule has 21 heavy (non-hydrogen) atoms. The summed E-state index contributed by atoms with van der Waals surface area (Å²) < 4.78 is 5.47. The second-order valence-electron chi connectivity index (χ2n) is 5.96. The Morgan fingerprint density at radius 1 is 1.29 bits per heavy atom. The molecule has 0 radical (unpaired) electrons. The van der Waals surface area contributed by atoms with Gasteiger partial charge < -0.3 is 9.64 Å². The van der Waals surface area contributed by atoms with Crippen LogP contribution in [-0.2, 0) is 4.79 Å². The lowest BCUT2D eigenvalue weighted by atomic mass is 10.1. The minimum absolute atomic E-state index is 0.0207. The number of hydrogen-bond donors (Lipinski definition) is 1. The topological polar surface area (TPSA) is 41.6 Å². The number of amides is 1. The minimum Gasteiger partial charge on any atom is -0.494 e. The summed E-state index contributed by atoms with van der Waals surface area (Å²) in [6.07, 6.45) is 5.17. The molecule has 1 saturated carbocycles. The lowest BCUT2D eigenvalue weighted by Gasteiger charge is -2.25. The molecule has 1 aliphatic carbocycles. The van der Waals surface area contributed by atoms with Gasteiger partial charge in [0.15, 0.2) is 0 Å². The maximum atomic E-state index is 12.1. The van der Waals surface area contributed by atoms with Gasteiger partial charge in [0.05, 0.1) is 13.2 Å². The second kappa shape index (κ2) is 6.48. The van der Waals surface area contributed by atoms with E-state index in [1.807, 2.05) is 24.0 Å². The highest BCUT2D eigenvalue weighted by Gasteiger charge is 2.31. The van der Waals surface area contributed by atoms with E-state index in [-0.39, 0.29) is 12.1 Å². The van der Waals surface area contributed by atoms with E-state index < -0.39 is 0 Å². The van der Waals surface area contributed by atoms with Gasteiger partial charge in [-0.2, -0.15) is 0 Å². The molecule has 1 heterocycles. The van der Waals surface area contributed by atoms with Crippen molar-refractivity contribution in [2.45, 2.75) is 38.8 Å². The third-order valence-electron chi connectivity index (χ3n) is 4.29. The first kappa shape index (κ1) is 14.4. The zero-order valence-electron chi connectivity index (χ0n) is 12.7. The molecule has 1 N–H and O–H groups in total. The van der Waals surface area contributed by atoms with Gasteiger partial charge in [-0.1, -0.05) is 25.0 Å². The van der Waals surface area contributed by atoms with Gasteiger partial charge in [0.1, 0.15) is 11.9 Å². The average molecular weight is 288 g/mol. The fourth-order valence-electron chi connectivity index (χ4n) is 2.96. The van der Waals surface area contributed by atoms with E-state index in [0.29, 0.717) is 13.2 Å². The first-order valence-corrected chi connectivity index (χ1v) is 8.03. The van der Waals surface area contributed by atoms with E-state index in [4.69, 9.17) is 4.74 Å². The van der Waals surface area contributed by atoms with E-state index in [9.17, 15) is 4.79 Å². The fraction of sp³-hybridized carbons (Fsp3) is 0.588. The summed E-state index contributed by atoms with van der Waals surface area (Å²) in [6, 6.07) is 8.06. The van der Waals surface area contributed by atoms with Crippen molar-refractivity contribution < 1.29 is 9.53 Å². The smallest absolute Gasteiger partial charge is 0.238 e. The van der Waals surface area contributed by atoms with E-state index in [1.54, 1.807) is 0 Å². The van der Waals surface area contributed by atoms with Crippen molar-refractivity contribution in [3.63, 3.8) is 0 Å². The number of nitrogens with one attached hydrogen (secondary N) is 1. The van der Waals surface area contributed by atoms with Crippen molar-refractivity contribution in [2.75, 3.05) is 19.7 Å². The standard InChI is InChI=1S/C17H24N2O2/c1-2-21-15-9-7-14(8-10-15)17-18-12-16(20)19(17)11-3-4-13-5-6-13/h7-10,13,17-18H,2-6,11-12H2,1H3. The van der Waals surface area contributed by atoms with E-state index in [0.717, 1.165) is 30.2 Å². The Morgan fingerprint density at radius 2 is 2.05 bits per heavy atom. The Balaban J connectivity index is 1.62. The molecule has 0 aromatic heterocycles. The normalized spacial score (nSPS) is 21.9. The molecule has 114 valence electrons. The van der Waals surface area contributed by atoms with Gasteiger partial charge in [-0.25, -0.2) is 0 Å². The molecule has 1 aliphatic heterocycles. The molecule has 1 aromatic rings. The molecule has 1 atom stereocenters. The summed E-state index contributed by atoms with van der Waals surface area (Å²) in [7, 11) is 0. The number of benzene rings is 1. The number of rotatable bonds is 7.